The van der Waals surface area contributed by atoms with Crippen molar-refractivity contribution < 1.29 is 0 Å². The Morgan fingerprint density at radius 1 is 1.43 bits per heavy atom. The first-order valence-electron chi connectivity index (χ1n) is 7.91. The van der Waals surface area contributed by atoms with E-state index in [0.717, 1.165) is 36.4 Å². The van der Waals surface area contributed by atoms with Crippen LogP contribution in [0.5, 0.6) is 0 Å². The molecule has 2 aromatic rings. The Bertz CT molecular complexity index is 833. The Morgan fingerprint density at radius 3 is 2.91 bits per heavy atom. The largest absolute Gasteiger partial charge is 0.364 e. The third kappa shape index (κ3) is 2.68. The fourth-order valence-electron chi connectivity index (χ4n) is 3.21. The van der Waals surface area contributed by atoms with E-state index in [1.807, 2.05) is 0 Å². The lowest BCUT2D eigenvalue weighted by molar-refractivity contribution is 0.391. The number of rotatable bonds is 2. The molecule has 3 heterocycles. The summed E-state index contributed by atoms with van der Waals surface area (Å²) in [7, 11) is 1.74. The summed E-state index contributed by atoms with van der Waals surface area (Å²) in [5, 5.41) is 12.6. The van der Waals surface area contributed by atoms with E-state index >= 15 is 0 Å². The molecule has 3 rings (SSSR count). The van der Waals surface area contributed by atoms with Gasteiger partial charge in [0.1, 0.15) is 17.3 Å². The first-order chi connectivity index (χ1) is 11.0. The van der Waals surface area contributed by atoms with Gasteiger partial charge < -0.3 is 14.8 Å². The molecule has 0 spiro atoms. The summed E-state index contributed by atoms with van der Waals surface area (Å²) < 4.78 is 1.58. The molecule has 0 saturated carbocycles. The van der Waals surface area contributed by atoms with Crippen LogP contribution in [0.15, 0.2) is 23.0 Å². The summed E-state index contributed by atoms with van der Waals surface area (Å²) in [5.74, 6) is 0.445. The van der Waals surface area contributed by atoms with Crippen molar-refractivity contribution in [2.45, 2.75) is 19.9 Å². The molecular weight excluding hydrogens is 290 g/mol. The number of hydrogen-bond acceptors (Lipinski definition) is 5. The topological polar surface area (TPSA) is 74.0 Å². The van der Waals surface area contributed by atoms with Crippen molar-refractivity contribution in [3.05, 3.63) is 34.2 Å². The molecule has 1 aliphatic heterocycles. The molecule has 1 aliphatic rings. The second-order valence-corrected chi connectivity index (χ2v) is 6.31. The molecule has 1 N–H and O–H groups in total. The van der Waals surface area contributed by atoms with Crippen LogP contribution >= 0.6 is 0 Å². The highest BCUT2D eigenvalue weighted by molar-refractivity contribution is 5.89. The molecule has 0 unspecified atom stereocenters. The van der Waals surface area contributed by atoms with E-state index in [1.165, 1.54) is 0 Å². The van der Waals surface area contributed by atoms with Crippen LogP contribution in [0.3, 0.4) is 0 Å². The summed E-state index contributed by atoms with van der Waals surface area (Å²) in [6, 6.07) is 7.50. The van der Waals surface area contributed by atoms with Gasteiger partial charge in [-0.25, -0.2) is 4.98 Å². The maximum Gasteiger partial charge on any atom is 0.252 e. The number of pyridine rings is 2. The number of nitrogens with one attached hydrogen (secondary N) is 1. The van der Waals surface area contributed by atoms with Gasteiger partial charge in [-0.15, -0.1) is 0 Å². The molecule has 0 radical (unpaired) electrons. The van der Waals surface area contributed by atoms with Crippen molar-refractivity contribution in [1.29, 1.82) is 5.26 Å². The number of nitrogens with zero attached hydrogens (tertiary/aromatic N) is 4. The van der Waals surface area contributed by atoms with Gasteiger partial charge in [0.15, 0.2) is 0 Å². The van der Waals surface area contributed by atoms with E-state index in [-0.39, 0.29) is 5.56 Å². The van der Waals surface area contributed by atoms with Crippen molar-refractivity contribution in [3.8, 4) is 6.07 Å². The first-order valence-corrected chi connectivity index (χ1v) is 7.91. The number of fused-ring (bicyclic) bond motifs is 1. The van der Waals surface area contributed by atoms with E-state index in [4.69, 9.17) is 5.26 Å². The summed E-state index contributed by atoms with van der Waals surface area (Å²) in [6.07, 6.45) is 0. The van der Waals surface area contributed by atoms with Crippen molar-refractivity contribution >= 4 is 16.7 Å². The highest BCUT2D eigenvalue weighted by Gasteiger charge is 2.27. The van der Waals surface area contributed by atoms with Crippen LogP contribution in [-0.4, -0.2) is 35.2 Å². The molecule has 1 saturated heterocycles. The zero-order valence-corrected chi connectivity index (χ0v) is 13.7. The van der Waals surface area contributed by atoms with Gasteiger partial charge in [0.25, 0.3) is 5.56 Å². The van der Waals surface area contributed by atoms with Gasteiger partial charge >= 0.3 is 0 Å². The number of aryl methyl sites for hydroxylation is 1. The van der Waals surface area contributed by atoms with Gasteiger partial charge in [0.05, 0.1) is 11.2 Å². The van der Waals surface area contributed by atoms with E-state index in [9.17, 15) is 4.79 Å². The summed E-state index contributed by atoms with van der Waals surface area (Å²) in [6.45, 7) is 6.94. The van der Waals surface area contributed by atoms with Crippen LogP contribution in [0.2, 0.25) is 0 Å². The Hall–Kier alpha value is -2.39. The average molecular weight is 311 g/mol. The number of hydrogen-bond donors (Lipinski definition) is 1. The quantitative estimate of drug-likeness (QED) is 0.903. The molecule has 23 heavy (non-hydrogen) atoms. The third-order valence-corrected chi connectivity index (χ3v) is 4.55. The fourth-order valence-corrected chi connectivity index (χ4v) is 3.21. The van der Waals surface area contributed by atoms with Crippen LogP contribution in [0, 0.1) is 17.2 Å². The molecule has 0 amide bonds. The van der Waals surface area contributed by atoms with Gasteiger partial charge in [-0.2, -0.15) is 5.26 Å². The highest BCUT2D eigenvalue weighted by atomic mass is 16.1. The first kappa shape index (κ1) is 15.5. The van der Waals surface area contributed by atoms with Crippen molar-refractivity contribution in [1.82, 2.24) is 14.9 Å². The number of piperazine rings is 1. The van der Waals surface area contributed by atoms with Gasteiger partial charge in [0.2, 0.25) is 0 Å². The van der Waals surface area contributed by atoms with Crippen molar-refractivity contribution in [2.24, 2.45) is 13.0 Å². The maximum absolute atomic E-state index is 12.4. The molecule has 1 fully saturated rings. The molecule has 120 valence electrons. The second kappa shape index (κ2) is 6.01. The normalized spacial score (nSPS) is 18.4. The smallest absolute Gasteiger partial charge is 0.252 e. The van der Waals surface area contributed by atoms with Crippen LogP contribution in [-0.2, 0) is 7.05 Å². The minimum Gasteiger partial charge on any atom is -0.364 e. The van der Waals surface area contributed by atoms with E-state index < -0.39 is 0 Å². The van der Waals surface area contributed by atoms with Gasteiger partial charge in [-0.1, -0.05) is 13.8 Å². The molecule has 6 nitrogen and oxygen atoms in total. The highest BCUT2D eigenvalue weighted by Crippen LogP contribution is 2.28. The Balaban J connectivity index is 2.25. The zero-order chi connectivity index (χ0) is 16.6. The van der Waals surface area contributed by atoms with E-state index in [1.54, 1.807) is 29.8 Å². The summed E-state index contributed by atoms with van der Waals surface area (Å²) in [4.78, 5) is 19.1. The average Bonchev–Trinajstić information content (AvgIpc) is 2.57. The number of anilines is 1. The van der Waals surface area contributed by atoms with Crippen LogP contribution in [0.25, 0.3) is 11.0 Å². The summed E-state index contributed by atoms with van der Waals surface area (Å²) >= 11 is 0. The fraction of sp³-hybridized carbons (Fsp3) is 0.471. The number of aromatic nitrogens is 2. The monoisotopic (exact) mass is 311 g/mol. The lowest BCUT2D eigenvalue weighted by Crippen LogP contribution is -2.54. The predicted octanol–water partition coefficient (Wildman–Crippen LogP) is 1.24. The molecule has 1 atom stereocenters. The molecular formula is C17H21N5O. The van der Waals surface area contributed by atoms with Crippen molar-refractivity contribution in [2.75, 3.05) is 24.5 Å². The van der Waals surface area contributed by atoms with Gasteiger partial charge in [-0.05, 0) is 18.1 Å². The van der Waals surface area contributed by atoms with Crippen LogP contribution in [0.4, 0.5) is 5.69 Å². The Morgan fingerprint density at radius 2 is 2.22 bits per heavy atom. The standard InChI is InChI=1S/C17H21N5O/c1-11(2)15-10-19-6-7-22(15)14-8-16(23)21(3)13-5-4-12(9-18)20-17(13)14/h4-5,8,11,15,19H,6-7,10H2,1-3H3/t15-/m0/s1. The maximum atomic E-state index is 12.4. The van der Waals surface area contributed by atoms with Crippen LogP contribution in [0.1, 0.15) is 19.5 Å². The minimum absolute atomic E-state index is 0.0555. The second-order valence-electron chi connectivity index (χ2n) is 6.31. The number of nitriles is 1. The summed E-state index contributed by atoms with van der Waals surface area (Å²) in [5.41, 5.74) is 2.63. The van der Waals surface area contributed by atoms with E-state index in [2.05, 4.69) is 35.1 Å². The van der Waals surface area contributed by atoms with Crippen LogP contribution < -0.4 is 15.8 Å². The van der Waals surface area contributed by atoms with Crippen molar-refractivity contribution in [3.63, 3.8) is 0 Å². The molecule has 0 aliphatic carbocycles. The zero-order valence-electron chi connectivity index (χ0n) is 13.7. The molecule has 6 heteroatoms. The lowest BCUT2D eigenvalue weighted by atomic mass is 9.99. The van der Waals surface area contributed by atoms with Gasteiger partial charge in [-0.3, -0.25) is 4.79 Å². The van der Waals surface area contributed by atoms with E-state index in [0.29, 0.717) is 17.7 Å². The Labute approximate surface area is 135 Å². The third-order valence-electron chi connectivity index (χ3n) is 4.55. The molecule has 0 aromatic carbocycles. The SMILES string of the molecule is CC(C)[C@@H]1CNCCN1c1cc(=O)n(C)c2ccc(C#N)nc12. The Kier molecular flexibility index (Phi) is 4.05. The van der Waals surface area contributed by atoms with Gasteiger partial charge in [0, 0.05) is 38.8 Å². The lowest BCUT2D eigenvalue weighted by Gasteiger charge is -2.40. The molecule has 2 aromatic heterocycles. The predicted molar refractivity (Wildman–Crippen MR) is 90.5 cm³/mol. The minimum atomic E-state index is -0.0555. The molecule has 0 bridgehead atoms.